The zero-order chi connectivity index (χ0) is 15.8. The zero-order valence-electron chi connectivity index (χ0n) is 11.8. The van der Waals surface area contributed by atoms with Crippen molar-refractivity contribution in [2.24, 2.45) is 0 Å². The summed E-state index contributed by atoms with van der Waals surface area (Å²) in [5, 5.41) is 0. The van der Waals surface area contributed by atoms with E-state index < -0.39 is 12.5 Å². The molecule has 0 spiro atoms. The summed E-state index contributed by atoms with van der Waals surface area (Å²) in [5.41, 5.74) is 0.0540. The smallest absolute Gasteiger partial charge is 0.387 e. The van der Waals surface area contributed by atoms with Crippen molar-refractivity contribution < 1.29 is 27.8 Å². The normalized spacial score (nSPS) is 10.3. The third-order valence-electron chi connectivity index (χ3n) is 2.78. The van der Waals surface area contributed by atoms with Gasteiger partial charge in [-0.2, -0.15) is 8.78 Å². The Morgan fingerprint density at radius 3 is 2.57 bits per heavy atom. The van der Waals surface area contributed by atoms with Gasteiger partial charge in [0.15, 0.2) is 0 Å². The number of nitrogens with zero attached hydrogens (tertiary/aromatic N) is 1. The van der Waals surface area contributed by atoms with Crippen LogP contribution in [-0.4, -0.2) is 44.1 Å². The van der Waals surface area contributed by atoms with Gasteiger partial charge in [0.2, 0.25) is 0 Å². The fraction of sp³-hybridized carbons (Fsp3) is 0.429. The molecule has 21 heavy (non-hydrogen) atoms. The monoisotopic (exact) mass is 301 g/mol. The van der Waals surface area contributed by atoms with Crippen LogP contribution in [0.5, 0.6) is 5.75 Å². The molecule has 1 rings (SSSR count). The van der Waals surface area contributed by atoms with Crippen LogP contribution in [0, 0.1) is 0 Å². The number of methoxy groups -OCH3 is 1. The molecule has 0 unspecified atom stereocenters. The second kappa shape index (κ2) is 8.18. The summed E-state index contributed by atoms with van der Waals surface area (Å²) >= 11 is 0. The zero-order valence-corrected chi connectivity index (χ0v) is 11.8. The Morgan fingerprint density at radius 2 is 1.95 bits per heavy atom. The van der Waals surface area contributed by atoms with Gasteiger partial charge < -0.3 is 14.4 Å². The van der Waals surface area contributed by atoms with Crippen LogP contribution in [0.1, 0.15) is 23.2 Å². The lowest BCUT2D eigenvalue weighted by atomic mass is 10.1. The van der Waals surface area contributed by atoms with E-state index in [9.17, 15) is 18.4 Å². The Kier molecular flexibility index (Phi) is 6.58. The Bertz CT molecular complexity index is 494. The number of benzene rings is 1. The minimum absolute atomic E-state index is 0.0540. The second-order valence-electron chi connectivity index (χ2n) is 4.28. The molecule has 0 radical (unpaired) electrons. The van der Waals surface area contributed by atoms with E-state index in [1.807, 2.05) is 0 Å². The van der Waals surface area contributed by atoms with E-state index in [2.05, 4.69) is 9.47 Å². The maximum atomic E-state index is 12.3. The SMILES string of the molecule is COC(=O)CCCN(C)C(=O)c1ccccc1OC(F)F. The van der Waals surface area contributed by atoms with Gasteiger partial charge >= 0.3 is 12.6 Å². The molecule has 0 atom stereocenters. The topological polar surface area (TPSA) is 55.8 Å². The lowest BCUT2D eigenvalue weighted by Crippen LogP contribution is -2.28. The highest BCUT2D eigenvalue weighted by molar-refractivity contribution is 5.96. The van der Waals surface area contributed by atoms with Gasteiger partial charge in [-0.15, -0.1) is 0 Å². The molecule has 7 heteroatoms. The van der Waals surface area contributed by atoms with Crippen LogP contribution in [0.3, 0.4) is 0 Å². The van der Waals surface area contributed by atoms with Crippen molar-refractivity contribution in [1.82, 2.24) is 4.90 Å². The summed E-state index contributed by atoms with van der Waals surface area (Å²) in [7, 11) is 2.81. The molecule has 1 aromatic carbocycles. The van der Waals surface area contributed by atoms with Crippen molar-refractivity contribution >= 4 is 11.9 Å². The van der Waals surface area contributed by atoms with E-state index in [0.717, 1.165) is 0 Å². The first-order valence-corrected chi connectivity index (χ1v) is 6.31. The molecule has 0 bridgehead atoms. The van der Waals surface area contributed by atoms with Crippen LogP contribution in [0.2, 0.25) is 0 Å². The second-order valence-corrected chi connectivity index (χ2v) is 4.28. The molecule has 0 saturated carbocycles. The lowest BCUT2D eigenvalue weighted by Gasteiger charge is -2.18. The summed E-state index contributed by atoms with van der Waals surface area (Å²) < 4.78 is 33.4. The Hall–Kier alpha value is -2.18. The van der Waals surface area contributed by atoms with Crippen molar-refractivity contribution in [1.29, 1.82) is 0 Å². The Balaban J connectivity index is 2.67. The van der Waals surface area contributed by atoms with Crippen molar-refractivity contribution in [3.05, 3.63) is 29.8 Å². The van der Waals surface area contributed by atoms with Crippen LogP contribution in [0.25, 0.3) is 0 Å². The number of carbonyl (C=O) groups excluding carboxylic acids is 2. The summed E-state index contributed by atoms with van der Waals surface area (Å²) in [6.45, 7) is -2.69. The van der Waals surface area contributed by atoms with Crippen LogP contribution in [0.4, 0.5) is 8.78 Å². The maximum Gasteiger partial charge on any atom is 0.387 e. The Labute approximate surface area is 121 Å². The average molecular weight is 301 g/mol. The molecule has 0 saturated heterocycles. The summed E-state index contributed by atoms with van der Waals surface area (Å²) in [6.07, 6.45) is 0.607. The number of carbonyl (C=O) groups is 2. The van der Waals surface area contributed by atoms with Crippen molar-refractivity contribution in [2.75, 3.05) is 20.7 Å². The number of hydrogen-bond donors (Lipinski definition) is 0. The first-order chi connectivity index (χ1) is 9.95. The van der Waals surface area contributed by atoms with Gasteiger partial charge in [-0.3, -0.25) is 9.59 Å². The van der Waals surface area contributed by atoms with Gasteiger partial charge in [0, 0.05) is 20.0 Å². The van der Waals surface area contributed by atoms with E-state index in [1.165, 1.54) is 37.3 Å². The van der Waals surface area contributed by atoms with Crippen LogP contribution in [0.15, 0.2) is 24.3 Å². The van der Waals surface area contributed by atoms with Gasteiger partial charge in [-0.1, -0.05) is 12.1 Å². The molecule has 1 amide bonds. The average Bonchev–Trinajstić information content (AvgIpc) is 2.46. The van der Waals surface area contributed by atoms with Crippen LogP contribution >= 0.6 is 0 Å². The highest BCUT2D eigenvalue weighted by atomic mass is 19.3. The third kappa shape index (κ3) is 5.37. The quantitative estimate of drug-likeness (QED) is 0.725. The summed E-state index contributed by atoms with van der Waals surface area (Å²) in [4.78, 5) is 24.5. The number of halogens is 2. The fourth-order valence-corrected chi connectivity index (χ4v) is 1.71. The molecule has 0 aliphatic carbocycles. The molecule has 0 N–H and O–H groups in total. The first-order valence-electron chi connectivity index (χ1n) is 6.31. The molecule has 0 aliphatic rings. The molecular weight excluding hydrogens is 284 g/mol. The number of para-hydroxylation sites is 1. The van der Waals surface area contributed by atoms with Gasteiger partial charge in [0.1, 0.15) is 5.75 Å². The molecule has 0 fully saturated rings. The minimum Gasteiger partial charge on any atom is -0.469 e. The fourth-order valence-electron chi connectivity index (χ4n) is 1.71. The van der Waals surface area contributed by atoms with Crippen LogP contribution in [-0.2, 0) is 9.53 Å². The highest BCUT2D eigenvalue weighted by Gasteiger charge is 2.18. The first kappa shape index (κ1) is 16.9. The number of esters is 1. The molecule has 5 nitrogen and oxygen atoms in total. The van der Waals surface area contributed by atoms with E-state index in [-0.39, 0.29) is 23.7 Å². The molecule has 116 valence electrons. The molecule has 0 heterocycles. The summed E-state index contributed by atoms with van der Waals surface area (Å²) in [6, 6.07) is 5.79. The van der Waals surface area contributed by atoms with Gasteiger partial charge in [0.05, 0.1) is 12.7 Å². The van der Waals surface area contributed by atoms with E-state index >= 15 is 0 Å². The predicted molar refractivity (Wildman–Crippen MR) is 71.3 cm³/mol. The predicted octanol–water partition coefficient (Wildman–Crippen LogP) is 2.31. The van der Waals surface area contributed by atoms with Gasteiger partial charge in [0.25, 0.3) is 5.91 Å². The number of rotatable bonds is 7. The van der Waals surface area contributed by atoms with E-state index in [0.29, 0.717) is 13.0 Å². The largest absolute Gasteiger partial charge is 0.469 e. The van der Waals surface area contributed by atoms with Crippen LogP contribution < -0.4 is 4.74 Å². The molecule has 0 aromatic heterocycles. The summed E-state index contributed by atoms with van der Waals surface area (Å²) in [5.74, 6) is -0.981. The lowest BCUT2D eigenvalue weighted by molar-refractivity contribution is -0.140. The Morgan fingerprint density at radius 1 is 1.29 bits per heavy atom. The standard InChI is InChI=1S/C14H17F2NO4/c1-17(9-5-8-12(18)20-2)13(19)10-6-3-4-7-11(10)21-14(15)16/h3-4,6-7,14H,5,8-9H2,1-2H3. The molecular formula is C14H17F2NO4. The molecule has 1 aromatic rings. The maximum absolute atomic E-state index is 12.3. The number of hydrogen-bond acceptors (Lipinski definition) is 4. The van der Waals surface area contributed by atoms with E-state index in [1.54, 1.807) is 6.07 Å². The minimum atomic E-state index is -3.00. The van der Waals surface area contributed by atoms with Crippen molar-refractivity contribution in [3.8, 4) is 5.75 Å². The molecule has 0 aliphatic heterocycles. The number of amides is 1. The van der Waals surface area contributed by atoms with E-state index in [4.69, 9.17) is 0 Å². The van der Waals surface area contributed by atoms with Gasteiger partial charge in [-0.25, -0.2) is 0 Å². The number of ether oxygens (including phenoxy) is 2. The number of alkyl halides is 2. The highest BCUT2D eigenvalue weighted by Crippen LogP contribution is 2.21. The van der Waals surface area contributed by atoms with Crippen molar-refractivity contribution in [3.63, 3.8) is 0 Å². The third-order valence-corrected chi connectivity index (χ3v) is 2.78. The van der Waals surface area contributed by atoms with Gasteiger partial charge in [-0.05, 0) is 18.6 Å². The van der Waals surface area contributed by atoms with Crippen molar-refractivity contribution in [2.45, 2.75) is 19.5 Å².